The third-order valence-electron chi connectivity index (χ3n) is 3.17. The first-order chi connectivity index (χ1) is 12.1. The molecule has 0 spiro atoms. The molecular weight excluding hydrogens is 366 g/mol. The SMILES string of the molecule is CC(=O)Nc1ccc(S(=O)(=O)Nc2cc([N+](=O)[O-])ccc2C(=O)O)cc1. The molecule has 2 aromatic rings. The van der Waals surface area contributed by atoms with E-state index < -0.39 is 37.9 Å². The maximum atomic E-state index is 12.4. The number of aromatic carboxylic acids is 1. The van der Waals surface area contributed by atoms with E-state index in [0.717, 1.165) is 18.2 Å². The van der Waals surface area contributed by atoms with E-state index in [1.54, 1.807) is 0 Å². The Bertz CT molecular complexity index is 985. The first kappa shape index (κ1) is 18.9. The molecule has 1 amide bonds. The van der Waals surface area contributed by atoms with Gasteiger partial charge in [0.2, 0.25) is 5.91 Å². The van der Waals surface area contributed by atoms with Crippen LogP contribution in [0, 0.1) is 10.1 Å². The van der Waals surface area contributed by atoms with Crippen LogP contribution in [0.1, 0.15) is 17.3 Å². The van der Waals surface area contributed by atoms with Gasteiger partial charge in [0.05, 0.1) is 21.1 Å². The lowest BCUT2D eigenvalue weighted by molar-refractivity contribution is -0.384. The Kier molecular flexibility index (Phi) is 5.22. The van der Waals surface area contributed by atoms with Crippen LogP contribution in [0.3, 0.4) is 0 Å². The monoisotopic (exact) mass is 379 g/mol. The van der Waals surface area contributed by atoms with Crippen molar-refractivity contribution in [2.75, 3.05) is 10.0 Å². The first-order valence-electron chi connectivity index (χ1n) is 7.02. The first-order valence-corrected chi connectivity index (χ1v) is 8.50. The molecule has 136 valence electrons. The van der Waals surface area contributed by atoms with Crippen molar-refractivity contribution in [1.82, 2.24) is 0 Å². The largest absolute Gasteiger partial charge is 0.478 e. The minimum atomic E-state index is -4.21. The molecule has 26 heavy (non-hydrogen) atoms. The molecular formula is C15H13N3O7S. The lowest BCUT2D eigenvalue weighted by Crippen LogP contribution is -2.16. The van der Waals surface area contributed by atoms with Crippen LogP contribution in [0.4, 0.5) is 17.1 Å². The quantitative estimate of drug-likeness (QED) is 0.512. The zero-order valence-electron chi connectivity index (χ0n) is 13.3. The molecule has 0 fully saturated rings. The molecule has 0 radical (unpaired) electrons. The minimum absolute atomic E-state index is 0.213. The number of hydrogen-bond acceptors (Lipinski definition) is 6. The van der Waals surface area contributed by atoms with E-state index in [1.807, 2.05) is 4.72 Å². The van der Waals surface area contributed by atoms with Crippen LogP contribution in [-0.4, -0.2) is 30.3 Å². The molecule has 0 heterocycles. The molecule has 0 saturated carbocycles. The predicted octanol–water partition coefficient (Wildman–Crippen LogP) is 2.05. The molecule has 0 bridgehead atoms. The smallest absolute Gasteiger partial charge is 0.337 e. The molecule has 0 aliphatic carbocycles. The molecule has 0 saturated heterocycles. The van der Waals surface area contributed by atoms with Crippen molar-refractivity contribution in [3.05, 3.63) is 58.1 Å². The maximum absolute atomic E-state index is 12.4. The molecule has 0 atom stereocenters. The van der Waals surface area contributed by atoms with Crippen LogP contribution < -0.4 is 10.0 Å². The number of nitrogens with one attached hydrogen (secondary N) is 2. The maximum Gasteiger partial charge on any atom is 0.337 e. The summed E-state index contributed by atoms with van der Waals surface area (Å²) >= 11 is 0. The zero-order valence-corrected chi connectivity index (χ0v) is 14.1. The van der Waals surface area contributed by atoms with Gasteiger partial charge in [-0.1, -0.05) is 0 Å². The van der Waals surface area contributed by atoms with Crippen molar-refractivity contribution in [3.63, 3.8) is 0 Å². The van der Waals surface area contributed by atoms with Crippen molar-refractivity contribution in [2.45, 2.75) is 11.8 Å². The molecule has 0 aromatic heterocycles. The normalized spacial score (nSPS) is 10.8. The zero-order chi connectivity index (χ0) is 19.5. The summed E-state index contributed by atoms with van der Waals surface area (Å²) in [7, 11) is -4.21. The van der Waals surface area contributed by atoms with Crippen molar-refractivity contribution >= 4 is 39.0 Å². The number of non-ortho nitro benzene ring substituents is 1. The summed E-state index contributed by atoms with van der Waals surface area (Å²) in [6.07, 6.45) is 0. The number of carbonyl (C=O) groups excluding carboxylic acids is 1. The molecule has 0 aliphatic heterocycles. The van der Waals surface area contributed by atoms with Crippen molar-refractivity contribution in [3.8, 4) is 0 Å². The number of nitrogens with zero attached hydrogens (tertiary/aromatic N) is 1. The summed E-state index contributed by atoms with van der Waals surface area (Å²) < 4.78 is 26.9. The average molecular weight is 379 g/mol. The van der Waals surface area contributed by atoms with Gasteiger partial charge in [-0.05, 0) is 30.3 Å². The predicted molar refractivity (Wildman–Crippen MR) is 91.6 cm³/mol. The van der Waals surface area contributed by atoms with Crippen LogP contribution in [-0.2, 0) is 14.8 Å². The second kappa shape index (κ2) is 7.19. The second-order valence-corrected chi connectivity index (χ2v) is 6.79. The Morgan fingerprint density at radius 2 is 1.73 bits per heavy atom. The van der Waals surface area contributed by atoms with Gasteiger partial charge in [-0.3, -0.25) is 19.6 Å². The van der Waals surface area contributed by atoms with E-state index >= 15 is 0 Å². The number of amides is 1. The van der Waals surface area contributed by atoms with Crippen LogP contribution in [0.15, 0.2) is 47.4 Å². The highest BCUT2D eigenvalue weighted by atomic mass is 32.2. The van der Waals surface area contributed by atoms with Crippen LogP contribution >= 0.6 is 0 Å². The topological polar surface area (TPSA) is 156 Å². The van der Waals surface area contributed by atoms with Gasteiger partial charge in [0, 0.05) is 24.7 Å². The number of hydrogen-bond donors (Lipinski definition) is 3. The molecule has 2 aromatic carbocycles. The van der Waals surface area contributed by atoms with Gasteiger partial charge in [-0.25, -0.2) is 13.2 Å². The second-order valence-electron chi connectivity index (χ2n) is 5.10. The Morgan fingerprint density at radius 1 is 1.12 bits per heavy atom. The summed E-state index contributed by atoms with van der Waals surface area (Å²) in [6, 6.07) is 7.83. The highest BCUT2D eigenvalue weighted by Gasteiger charge is 2.21. The van der Waals surface area contributed by atoms with E-state index in [2.05, 4.69) is 5.32 Å². The summed E-state index contributed by atoms with van der Waals surface area (Å²) in [5, 5.41) is 22.5. The summed E-state index contributed by atoms with van der Waals surface area (Å²) in [5.41, 5.74) is -0.960. The van der Waals surface area contributed by atoms with E-state index in [-0.39, 0.29) is 10.8 Å². The van der Waals surface area contributed by atoms with Crippen LogP contribution in [0.25, 0.3) is 0 Å². The van der Waals surface area contributed by atoms with Gasteiger partial charge in [0.15, 0.2) is 0 Å². The average Bonchev–Trinajstić information content (AvgIpc) is 2.54. The molecule has 3 N–H and O–H groups in total. The fraction of sp³-hybridized carbons (Fsp3) is 0.0667. The van der Waals surface area contributed by atoms with E-state index in [4.69, 9.17) is 5.11 Å². The van der Waals surface area contributed by atoms with Crippen LogP contribution in [0.5, 0.6) is 0 Å². The molecule has 10 nitrogen and oxygen atoms in total. The van der Waals surface area contributed by atoms with Gasteiger partial charge < -0.3 is 10.4 Å². The number of carboxylic acid groups (broad SMARTS) is 1. The number of anilines is 2. The van der Waals surface area contributed by atoms with Gasteiger partial charge in [0.1, 0.15) is 0 Å². The number of benzene rings is 2. The van der Waals surface area contributed by atoms with E-state index in [0.29, 0.717) is 5.69 Å². The van der Waals surface area contributed by atoms with Crippen LogP contribution in [0.2, 0.25) is 0 Å². The number of sulfonamides is 1. The van der Waals surface area contributed by atoms with E-state index in [9.17, 15) is 28.1 Å². The lowest BCUT2D eigenvalue weighted by Gasteiger charge is -2.11. The fourth-order valence-electron chi connectivity index (χ4n) is 2.04. The highest BCUT2D eigenvalue weighted by Crippen LogP contribution is 2.26. The third-order valence-corrected chi connectivity index (χ3v) is 4.56. The van der Waals surface area contributed by atoms with Crippen molar-refractivity contribution < 1.29 is 28.0 Å². The summed E-state index contributed by atoms with van der Waals surface area (Å²) in [6.45, 7) is 1.29. The molecule has 11 heteroatoms. The summed E-state index contributed by atoms with van der Waals surface area (Å²) in [4.78, 5) is 32.1. The third kappa shape index (κ3) is 4.33. The number of carboxylic acids is 1. The lowest BCUT2D eigenvalue weighted by atomic mass is 10.1. The van der Waals surface area contributed by atoms with Crippen molar-refractivity contribution in [1.29, 1.82) is 0 Å². The van der Waals surface area contributed by atoms with Gasteiger partial charge in [-0.2, -0.15) is 0 Å². The number of nitro groups is 1. The Morgan fingerprint density at radius 3 is 2.23 bits per heavy atom. The Labute approximate surface area is 147 Å². The van der Waals surface area contributed by atoms with Gasteiger partial charge >= 0.3 is 5.97 Å². The Balaban J connectivity index is 2.39. The number of nitro benzene ring substituents is 1. The van der Waals surface area contributed by atoms with Gasteiger partial charge in [-0.15, -0.1) is 0 Å². The number of rotatable bonds is 6. The highest BCUT2D eigenvalue weighted by molar-refractivity contribution is 7.92. The Hall–Kier alpha value is -3.47. The standard InChI is InChI=1S/C15H13N3O7S/c1-9(19)16-10-2-5-12(6-3-10)26(24,25)17-14-8-11(18(22)23)4-7-13(14)15(20)21/h2-8,17H,1H3,(H,16,19)(H,20,21). The minimum Gasteiger partial charge on any atom is -0.478 e. The van der Waals surface area contributed by atoms with Crippen molar-refractivity contribution in [2.24, 2.45) is 0 Å². The molecule has 0 aliphatic rings. The van der Waals surface area contributed by atoms with E-state index in [1.165, 1.54) is 31.2 Å². The number of carbonyl (C=O) groups is 2. The van der Waals surface area contributed by atoms with Gasteiger partial charge in [0.25, 0.3) is 15.7 Å². The fourth-order valence-corrected chi connectivity index (χ4v) is 3.11. The summed E-state index contributed by atoms with van der Waals surface area (Å²) in [5.74, 6) is -1.78. The molecule has 2 rings (SSSR count). The molecule has 0 unspecified atom stereocenters.